The maximum Gasteiger partial charge on any atom is 0.305 e. The summed E-state index contributed by atoms with van der Waals surface area (Å²) >= 11 is 0. The molecule has 1 aromatic rings. The minimum Gasteiger partial charge on any atom is -0.486 e. The van der Waals surface area contributed by atoms with Crippen molar-refractivity contribution in [3.63, 3.8) is 0 Å². The van der Waals surface area contributed by atoms with Gasteiger partial charge in [-0.05, 0) is 0 Å². The van der Waals surface area contributed by atoms with Crippen molar-refractivity contribution < 1.29 is 24.2 Å². The van der Waals surface area contributed by atoms with E-state index in [1.54, 1.807) is 24.1 Å². The Morgan fingerprint density at radius 2 is 2.05 bits per heavy atom. The Morgan fingerprint density at radius 3 is 2.70 bits per heavy atom. The highest BCUT2D eigenvalue weighted by Gasteiger charge is 2.33. The Balaban J connectivity index is 1.99. The van der Waals surface area contributed by atoms with Crippen LogP contribution in [0.2, 0.25) is 0 Å². The number of rotatable bonds is 2. The van der Waals surface area contributed by atoms with Crippen molar-refractivity contribution in [3.05, 3.63) is 12.1 Å². The highest BCUT2D eigenvalue weighted by atomic mass is 16.6. The maximum absolute atomic E-state index is 12.0. The molecule has 1 aromatic carbocycles. The molecule has 0 spiro atoms. The zero-order chi connectivity index (χ0) is 14.3. The van der Waals surface area contributed by atoms with Crippen molar-refractivity contribution in [1.82, 2.24) is 0 Å². The van der Waals surface area contributed by atoms with Crippen LogP contribution >= 0.6 is 0 Å². The summed E-state index contributed by atoms with van der Waals surface area (Å²) in [5.74, 6) is -0.162. The zero-order valence-electron chi connectivity index (χ0n) is 10.9. The predicted molar refractivity (Wildman–Crippen MR) is 70.5 cm³/mol. The predicted octanol–water partition coefficient (Wildman–Crippen LogP) is 0.689. The lowest BCUT2D eigenvalue weighted by atomic mass is 10.1. The van der Waals surface area contributed by atoms with Crippen molar-refractivity contribution in [2.75, 3.05) is 30.5 Å². The lowest BCUT2D eigenvalue weighted by molar-refractivity contribution is -0.138. The third-order valence-electron chi connectivity index (χ3n) is 3.44. The van der Waals surface area contributed by atoms with Crippen LogP contribution in [-0.2, 0) is 9.59 Å². The molecule has 0 fully saturated rings. The van der Waals surface area contributed by atoms with Crippen LogP contribution in [0.5, 0.6) is 11.5 Å². The summed E-state index contributed by atoms with van der Waals surface area (Å²) in [7, 11) is 1.70. The van der Waals surface area contributed by atoms with Gasteiger partial charge in [0, 0.05) is 19.2 Å². The molecule has 7 heteroatoms. The molecule has 0 radical (unpaired) electrons. The molecule has 1 atom stereocenters. The molecule has 20 heavy (non-hydrogen) atoms. The van der Waals surface area contributed by atoms with Gasteiger partial charge in [-0.2, -0.15) is 0 Å². The Morgan fingerprint density at radius 1 is 1.40 bits per heavy atom. The molecule has 2 heterocycles. The number of aliphatic carboxylic acids is 1. The molecule has 0 saturated heterocycles. The van der Waals surface area contributed by atoms with Gasteiger partial charge in [-0.15, -0.1) is 0 Å². The Kier molecular flexibility index (Phi) is 2.89. The largest absolute Gasteiger partial charge is 0.486 e. The number of nitrogens with zero attached hydrogens (tertiary/aromatic N) is 1. The van der Waals surface area contributed by atoms with E-state index < -0.39 is 12.0 Å². The molecule has 1 amide bonds. The number of carboxylic acids is 1. The van der Waals surface area contributed by atoms with Gasteiger partial charge in [-0.3, -0.25) is 9.59 Å². The van der Waals surface area contributed by atoms with E-state index in [0.717, 1.165) is 5.69 Å². The number of ether oxygens (including phenoxy) is 2. The first-order valence-electron chi connectivity index (χ1n) is 6.25. The quantitative estimate of drug-likeness (QED) is 0.827. The monoisotopic (exact) mass is 278 g/mol. The summed E-state index contributed by atoms with van der Waals surface area (Å²) in [5, 5.41) is 11.6. The number of anilines is 2. The number of hydrogen-bond donors (Lipinski definition) is 2. The van der Waals surface area contributed by atoms with E-state index in [1.807, 2.05) is 0 Å². The second-order valence-electron chi connectivity index (χ2n) is 4.73. The number of amides is 1. The maximum atomic E-state index is 12.0. The van der Waals surface area contributed by atoms with Gasteiger partial charge in [-0.25, -0.2) is 0 Å². The molecule has 2 aliphatic heterocycles. The minimum atomic E-state index is -1.02. The SMILES string of the molecule is CN1c2cc3c(cc2NC(=O)C1CC(=O)O)OCCO3. The van der Waals surface area contributed by atoms with Crippen molar-refractivity contribution in [2.24, 2.45) is 0 Å². The van der Waals surface area contributed by atoms with Gasteiger partial charge < -0.3 is 24.8 Å². The molecule has 0 bridgehead atoms. The van der Waals surface area contributed by atoms with Gasteiger partial charge in [-0.1, -0.05) is 0 Å². The number of fused-ring (bicyclic) bond motifs is 2. The first kappa shape index (κ1) is 12.6. The fourth-order valence-electron chi connectivity index (χ4n) is 2.42. The first-order valence-corrected chi connectivity index (χ1v) is 6.25. The van der Waals surface area contributed by atoms with Gasteiger partial charge in [0.2, 0.25) is 5.91 Å². The van der Waals surface area contributed by atoms with Crippen LogP contribution in [0.1, 0.15) is 6.42 Å². The van der Waals surface area contributed by atoms with E-state index in [2.05, 4.69) is 5.32 Å². The molecule has 2 N–H and O–H groups in total. The summed E-state index contributed by atoms with van der Waals surface area (Å²) in [6.45, 7) is 0.942. The topological polar surface area (TPSA) is 88.1 Å². The summed E-state index contributed by atoms with van der Waals surface area (Å²) in [6, 6.07) is 2.73. The minimum absolute atomic E-state index is 0.254. The van der Waals surface area contributed by atoms with E-state index in [4.69, 9.17) is 14.6 Å². The standard InChI is InChI=1S/C13H14N2O5/c1-15-8-5-11-10(19-2-3-20-11)4-7(8)14-13(18)9(15)6-12(16)17/h4-5,9H,2-3,6H2,1H3,(H,14,18)(H,16,17). The van der Waals surface area contributed by atoms with Crippen LogP contribution in [-0.4, -0.2) is 43.3 Å². The van der Waals surface area contributed by atoms with Crippen LogP contribution in [0.25, 0.3) is 0 Å². The molecule has 0 aliphatic carbocycles. The van der Waals surface area contributed by atoms with Gasteiger partial charge in [0.05, 0.1) is 17.8 Å². The second-order valence-corrected chi connectivity index (χ2v) is 4.73. The molecular weight excluding hydrogens is 264 g/mol. The lowest BCUT2D eigenvalue weighted by Gasteiger charge is -2.35. The summed E-state index contributed by atoms with van der Waals surface area (Å²) in [4.78, 5) is 24.5. The molecule has 0 saturated carbocycles. The third-order valence-corrected chi connectivity index (χ3v) is 3.44. The van der Waals surface area contributed by atoms with Crippen LogP contribution in [0.3, 0.4) is 0 Å². The molecule has 2 aliphatic rings. The second kappa shape index (κ2) is 4.59. The van der Waals surface area contributed by atoms with Crippen LogP contribution in [0, 0.1) is 0 Å². The number of carbonyl (C=O) groups is 2. The normalized spacial score (nSPS) is 20.1. The average Bonchev–Trinajstić information content (AvgIpc) is 2.41. The first-order chi connectivity index (χ1) is 9.56. The molecule has 0 aromatic heterocycles. The summed E-state index contributed by atoms with van der Waals surface area (Å²) in [5.41, 5.74) is 1.32. The number of likely N-dealkylation sites (N-methyl/N-ethyl adjacent to an activating group) is 1. The van der Waals surface area contributed by atoms with E-state index >= 15 is 0 Å². The smallest absolute Gasteiger partial charge is 0.305 e. The Bertz CT molecular complexity index is 586. The van der Waals surface area contributed by atoms with Crippen LogP contribution in [0.15, 0.2) is 12.1 Å². The van der Waals surface area contributed by atoms with E-state index in [-0.39, 0.29) is 12.3 Å². The van der Waals surface area contributed by atoms with Crippen molar-refractivity contribution in [3.8, 4) is 11.5 Å². The zero-order valence-corrected chi connectivity index (χ0v) is 10.9. The van der Waals surface area contributed by atoms with Gasteiger partial charge in [0.15, 0.2) is 11.5 Å². The van der Waals surface area contributed by atoms with Crippen LogP contribution < -0.4 is 19.7 Å². The molecule has 106 valence electrons. The van der Waals surface area contributed by atoms with Crippen LogP contribution in [0.4, 0.5) is 11.4 Å². The summed E-state index contributed by atoms with van der Waals surface area (Å²) < 4.78 is 11.0. The van der Waals surface area contributed by atoms with Gasteiger partial charge in [0.25, 0.3) is 0 Å². The number of carboxylic acid groups (broad SMARTS) is 1. The van der Waals surface area contributed by atoms with Gasteiger partial charge in [0.1, 0.15) is 19.3 Å². The molecule has 1 unspecified atom stereocenters. The third kappa shape index (κ3) is 2.01. The molecular formula is C13H14N2O5. The van der Waals surface area contributed by atoms with Gasteiger partial charge >= 0.3 is 5.97 Å². The number of benzene rings is 1. The average molecular weight is 278 g/mol. The Hall–Kier alpha value is -2.44. The van der Waals surface area contributed by atoms with E-state index in [9.17, 15) is 9.59 Å². The fraction of sp³-hybridized carbons (Fsp3) is 0.385. The van der Waals surface area contributed by atoms with Crippen molar-refractivity contribution >= 4 is 23.3 Å². The van der Waals surface area contributed by atoms with Crippen molar-refractivity contribution in [1.29, 1.82) is 0 Å². The fourth-order valence-corrected chi connectivity index (χ4v) is 2.42. The Labute approximate surface area is 115 Å². The van der Waals surface area contributed by atoms with Crippen molar-refractivity contribution in [2.45, 2.75) is 12.5 Å². The number of carbonyl (C=O) groups excluding carboxylic acids is 1. The number of nitrogens with one attached hydrogen (secondary N) is 1. The molecule has 7 nitrogen and oxygen atoms in total. The lowest BCUT2D eigenvalue weighted by Crippen LogP contribution is -2.47. The highest BCUT2D eigenvalue weighted by molar-refractivity contribution is 6.05. The highest BCUT2D eigenvalue weighted by Crippen LogP contribution is 2.42. The van der Waals surface area contributed by atoms with E-state index in [0.29, 0.717) is 30.4 Å². The number of hydrogen-bond acceptors (Lipinski definition) is 5. The van der Waals surface area contributed by atoms with E-state index in [1.165, 1.54) is 0 Å². The molecule has 3 rings (SSSR count). The summed E-state index contributed by atoms with van der Waals surface area (Å²) in [6.07, 6.45) is -0.254.